The summed E-state index contributed by atoms with van der Waals surface area (Å²) < 4.78 is 1.94. The largest absolute Gasteiger partial charge is 0.364 e. The molecule has 4 aromatic heterocycles. The lowest BCUT2D eigenvalue weighted by Crippen LogP contribution is -2.13. The van der Waals surface area contributed by atoms with Crippen LogP contribution in [0.25, 0.3) is 32.0 Å². The van der Waals surface area contributed by atoms with Crippen LogP contribution in [0.5, 0.6) is 0 Å². The molecule has 4 aromatic rings. The number of carbonyl (C=O) groups is 1. The monoisotopic (exact) mass is 350 g/mol. The number of rotatable bonds is 3. The molecular formula is C17H14N6OS. The van der Waals surface area contributed by atoms with Crippen LogP contribution in [0.2, 0.25) is 0 Å². The predicted octanol–water partition coefficient (Wildman–Crippen LogP) is 2.56. The lowest BCUT2D eigenvalue weighted by molar-refractivity contribution is 0.0996. The summed E-state index contributed by atoms with van der Waals surface area (Å²) in [5.74, 6) is -0.553. The van der Waals surface area contributed by atoms with E-state index in [1.54, 1.807) is 18.5 Å². The summed E-state index contributed by atoms with van der Waals surface area (Å²) in [5, 5.41) is 1.76. The average Bonchev–Trinajstić information content (AvgIpc) is 3.18. The smallest absolute Gasteiger partial charge is 0.267 e. The third-order valence-electron chi connectivity index (χ3n) is 3.95. The molecule has 0 aliphatic heterocycles. The quantitative estimate of drug-likeness (QED) is 0.612. The highest BCUT2D eigenvalue weighted by Gasteiger charge is 2.18. The number of nitrogens with two attached hydrogens (primary N) is 1. The highest BCUT2D eigenvalue weighted by molar-refractivity contribution is 7.18. The fourth-order valence-electron chi connectivity index (χ4n) is 2.71. The number of amides is 1. The van der Waals surface area contributed by atoms with Gasteiger partial charge in [-0.25, -0.2) is 19.9 Å². The standard InChI is InChI=1S/C17H14N6OS/c1-9-15(25-17(21-9)10-6-19-8-20-7-10)14-11-3-4-23(2)13(11)5-12(22-14)16(18)24/h3-8H,1-2H3,(H2,18,24). The highest BCUT2D eigenvalue weighted by atomic mass is 32.1. The molecule has 25 heavy (non-hydrogen) atoms. The first-order chi connectivity index (χ1) is 12.0. The summed E-state index contributed by atoms with van der Waals surface area (Å²) in [6.45, 7) is 1.92. The Hall–Kier alpha value is -3.13. The van der Waals surface area contributed by atoms with Gasteiger partial charge in [0.05, 0.1) is 21.8 Å². The van der Waals surface area contributed by atoms with Crippen molar-refractivity contribution in [3.8, 4) is 21.1 Å². The first kappa shape index (κ1) is 15.4. The molecular weight excluding hydrogens is 336 g/mol. The lowest BCUT2D eigenvalue weighted by Gasteiger charge is -2.05. The van der Waals surface area contributed by atoms with Crippen molar-refractivity contribution >= 4 is 28.1 Å². The van der Waals surface area contributed by atoms with Gasteiger partial charge in [-0.1, -0.05) is 0 Å². The Kier molecular flexibility index (Phi) is 3.54. The van der Waals surface area contributed by atoms with Crippen molar-refractivity contribution in [2.45, 2.75) is 6.92 Å². The Morgan fingerprint density at radius 1 is 1.24 bits per heavy atom. The molecule has 0 saturated carbocycles. The number of primary amides is 1. The van der Waals surface area contributed by atoms with Crippen molar-refractivity contribution in [1.29, 1.82) is 0 Å². The minimum atomic E-state index is -0.553. The molecule has 0 atom stereocenters. The maximum Gasteiger partial charge on any atom is 0.267 e. The molecule has 0 aliphatic rings. The van der Waals surface area contributed by atoms with Crippen molar-refractivity contribution in [2.24, 2.45) is 12.8 Å². The van der Waals surface area contributed by atoms with Crippen LogP contribution in [-0.4, -0.2) is 30.4 Å². The van der Waals surface area contributed by atoms with E-state index in [1.165, 1.54) is 17.7 Å². The number of nitrogens with zero attached hydrogens (tertiary/aromatic N) is 5. The molecule has 7 nitrogen and oxygen atoms in total. The number of fused-ring (bicyclic) bond motifs is 1. The molecule has 2 N–H and O–H groups in total. The van der Waals surface area contributed by atoms with Gasteiger partial charge in [-0.2, -0.15) is 0 Å². The van der Waals surface area contributed by atoms with Gasteiger partial charge in [0.1, 0.15) is 17.0 Å². The second-order valence-electron chi connectivity index (χ2n) is 5.64. The Morgan fingerprint density at radius 2 is 2.00 bits per heavy atom. The van der Waals surface area contributed by atoms with Gasteiger partial charge < -0.3 is 10.3 Å². The minimum absolute atomic E-state index is 0.238. The predicted molar refractivity (Wildman–Crippen MR) is 96.1 cm³/mol. The molecule has 124 valence electrons. The second-order valence-corrected chi connectivity index (χ2v) is 6.64. The molecule has 0 unspecified atom stereocenters. The van der Waals surface area contributed by atoms with Crippen LogP contribution in [0.3, 0.4) is 0 Å². The molecule has 8 heteroatoms. The zero-order chi connectivity index (χ0) is 17.6. The van der Waals surface area contributed by atoms with Gasteiger partial charge in [0, 0.05) is 36.6 Å². The van der Waals surface area contributed by atoms with Gasteiger partial charge in [-0.3, -0.25) is 4.79 Å². The van der Waals surface area contributed by atoms with E-state index in [0.29, 0.717) is 5.69 Å². The maximum absolute atomic E-state index is 11.7. The zero-order valence-electron chi connectivity index (χ0n) is 13.6. The molecule has 0 saturated heterocycles. The van der Waals surface area contributed by atoms with E-state index in [0.717, 1.165) is 32.0 Å². The Labute approximate surface area is 147 Å². The molecule has 4 heterocycles. The van der Waals surface area contributed by atoms with Crippen LogP contribution in [-0.2, 0) is 7.05 Å². The van der Waals surface area contributed by atoms with Crippen LogP contribution in [0.1, 0.15) is 16.2 Å². The van der Waals surface area contributed by atoms with E-state index in [-0.39, 0.29) is 5.69 Å². The van der Waals surface area contributed by atoms with E-state index >= 15 is 0 Å². The summed E-state index contributed by atoms with van der Waals surface area (Å²) in [5.41, 5.74) is 9.00. The van der Waals surface area contributed by atoms with Gasteiger partial charge in [-0.05, 0) is 19.1 Å². The first-order valence-corrected chi connectivity index (χ1v) is 8.35. The van der Waals surface area contributed by atoms with Crippen LogP contribution in [0.15, 0.2) is 37.1 Å². The summed E-state index contributed by atoms with van der Waals surface area (Å²) in [6, 6.07) is 3.69. The van der Waals surface area contributed by atoms with Gasteiger partial charge in [0.25, 0.3) is 5.91 Å². The first-order valence-electron chi connectivity index (χ1n) is 7.53. The summed E-state index contributed by atoms with van der Waals surface area (Å²) in [4.78, 5) is 29.8. The van der Waals surface area contributed by atoms with Crippen LogP contribution >= 0.6 is 11.3 Å². The van der Waals surface area contributed by atoms with E-state index in [2.05, 4.69) is 19.9 Å². The molecule has 1 amide bonds. The molecule has 0 aromatic carbocycles. The summed E-state index contributed by atoms with van der Waals surface area (Å²) in [6.07, 6.45) is 6.86. The van der Waals surface area contributed by atoms with Crippen LogP contribution < -0.4 is 5.73 Å². The number of thiazole rings is 1. The Morgan fingerprint density at radius 3 is 2.72 bits per heavy atom. The number of aryl methyl sites for hydroxylation is 2. The van der Waals surface area contributed by atoms with E-state index in [1.807, 2.05) is 30.8 Å². The van der Waals surface area contributed by atoms with E-state index in [4.69, 9.17) is 5.73 Å². The van der Waals surface area contributed by atoms with E-state index in [9.17, 15) is 4.79 Å². The van der Waals surface area contributed by atoms with E-state index < -0.39 is 5.91 Å². The van der Waals surface area contributed by atoms with Crippen molar-refractivity contribution in [2.75, 3.05) is 0 Å². The minimum Gasteiger partial charge on any atom is -0.364 e. The third kappa shape index (κ3) is 2.56. The SMILES string of the molecule is Cc1nc(-c2cncnc2)sc1-c1nc(C(N)=O)cc2c1ccn2C. The van der Waals surface area contributed by atoms with Gasteiger partial charge in [0.2, 0.25) is 0 Å². The number of pyridine rings is 1. The summed E-state index contributed by atoms with van der Waals surface area (Å²) >= 11 is 1.50. The third-order valence-corrected chi connectivity index (χ3v) is 5.17. The molecule has 0 spiro atoms. The van der Waals surface area contributed by atoms with Crippen molar-refractivity contribution in [3.63, 3.8) is 0 Å². The number of hydrogen-bond donors (Lipinski definition) is 1. The zero-order valence-corrected chi connectivity index (χ0v) is 14.4. The maximum atomic E-state index is 11.7. The van der Waals surface area contributed by atoms with Crippen LogP contribution in [0.4, 0.5) is 0 Å². The molecule has 0 fully saturated rings. The highest BCUT2D eigenvalue weighted by Crippen LogP contribution is 2.37. The normalized spacial score (nSPS) is 11.1. The van der Waals surface area contributed by atoms with Crippen molar-refractivity contribution < 1.29 is 4.79 Å². The van der Waals surface area contributed by atoms with Crippen LogP contribution in [0, 0.1) is 6.92 Å². The van der Waals surface area contributed by atoms with Gasteiger partial charge >= 0.3 is 0 Å². The Bertz CT molecular complexity index is 1100. The molecule has 0 aliphatic carbocycles. The number of hydrogen-bond acceptors (Lipinski definition) is 6. The number of carbonyl (C=O) groups excluding carboxylic acids is 1. The molecule has 0 radical (unpaired) electrons. The number of aromatic nitrogens is 5. The molecule has 0 bridgehead atoms. The fourth-order valence-corrected chi connectivity index (χ4v) is 3.76. The topological polar surface area (TPSA) is 99.6 Å². The lowest BCUT2D eigenvalue weighted by atomic mass is 10.1. The molecule has 4 rings (SSSR count). The van der Waals surface area contributed by atoms with Gasteiger partial charge in [0.15, 0.2) is 0 Å². The fraction of sp³-hybridized carbons (Fsp3) is 0.118. The Balaban J connectivity index is 1.96. The van der Waals surface area contributed by atoms with Gasteiger partial charge in [-0.15, -0.1) is 11.3 Å². The second kappa shape index (κ2) is 5.75. The summed E-state index contributed by atoms with van der Waals surface area (Å²) in [7, 11) is 1.92. The van der Waals surface area contributed by atoms with Crippen molar-refractivity contribution in [3.05, 3.63) is 48.4 Å². The average molecular weight is 350 g/mol. The van der Waals surface area contributed by atoms with Crippen molar-refractivity contribution in [1.82, 2.24) is 24.5 Å².